The molecule has 28 heavy (non-hydrogen) atoms. The lowest BCUT2D eigenvalue weighted by atomic mass is 10.0. The lowest BCUT2D eigenvalue weighted by Gasteiger charge is -2.30. The van der Waals surface area contributed by atoms with E-state index in [4.69, 9.17) is 16.3 Å². The molecule has 2 amide bonds. The molecule has 1 heterocycles. The molecule has 1 aliphatic carbocycles. The van der Waals surface area contributed by atoms with E-state index in [1.165, 1.54) is 0 Å². The molecular weight excluding hydrogens is 378 g/mol. The van der Waals surface area contributed by atoms with Crippen molar-refractivity contribution in [1.29, 1.82) is 0 Å². The number of benzene rings is 2. The molecular formula is C21H22ClN3O3. The van der Waals surface area contributed by atoms with Crippen molar-refractivity contribution in [1.82, 2.24) is 0 Å². The van der Waals surface area contributed by atoms with E-state index in [-0.39, 0.29) is 11.8 Å². The summed E-state index contributed by atoms with van der Waals surface area (Å²) < 4.78 is 5.41. The van der Waals surface area contributed by atoms with Crippen LogP contribution in [0.4, 0.5) is 17.1 Å². The van der Waals surface area contributed by atoms with Crippen LogP contribution in [0.25, 0.3) is 0 Å². The molecule has 146 valence electrons. The Kier molecular flexibility index (Phi) is 5.24. The summed E-state index contributed by atoms with van der Waals surface area (Å²) in [7, 11) is 0. The van der Waals surface area contributed by atoms with Crippen LogP contribution >= 0.6 is 11.6 Å². The van der Waals surface area contributed by atoms with Gasteiger partial charge in [-0.15, -0.1) is 0 Å². The van der Waals surface area contributed by atoms with E-state index in [9.17, 15) is 9.59 Å². The van der Waals surface area contributed by atoms with E-state index in [2.05, 4.69) is 15.5 Å². The number of hydrogen-bond donors (Lipinski definition) is 2. The lowest BCUT2D eigenvalue weighted by molar-refractivity contribution is -0.131. The van der Waals surface area contributed by atoms with Gasteiger partial charge in [0.2, 0.25) is 11.8 Å². The van der Waals surface area contributed by atoms with Crippen LogP contribution in [0.15, 0.2) is 48.5 Å². The topological polar surface area (TPSA) is 70.7 Å². The number of rotatable bonds is 5. The largest absolute Gasteiger partial charge is 0.378 e. The molecule has 2 fully saturated rings. The Labute approximate surface area is 168 Å². The third-order valence-electron chi connectivity index (χ3n) is 5.23. The molecule has 0 aromatic heterocycles. The highest BCUT2D eigenvalue weighted by Gasteiger charge is 2.56. The fraction of sp³-hybridized carbons (Fsp3) is 0.333. The lowest BCUT2D eigenvalue weighted by Crippen LogP contribution is -2.38. The number of halogens is 1. The van der Waals surface area contributed by atoms with Gasteiger partial charge in [-0.25, -0.2) is 0 Å². The Bertz CT molecular complexity index is 875. The predicted octanol–water partition coefficient (Wildman–Crippen LogP) is 3.53. The average Bonchev–Trinajstić information content (AvgIpc) is 3.53. The minimum absolute atomic E-state index is 0.264. The van der Waals surface area contributed by atoms with Crippen LogP contribution in [0.5, 0.6) is 0 Å². The van der Waals surface area contributed by atoms with E-state index in [1.54, 1.807) is 24.3 Å². The van der Waals surface area contributed by atoms with Crippen molar-refractivity contribution in [3.05, 3.63) is 53.6 Å². The minimum atomic E-state index is -1.02. The van der Waals surface area contributed by atoms with Gasteiger partial charge < -0.3 is 20.3 Å². The summed E-state index contributed by atoms with van der Waals surface area (Å²) in [4.78, 5) is 27.9. The summed E-state index contributed by atoms with van der Waals surface area (Å²) in [5.41, 5.74) is 1.29. The summed E-state index contributed by atoms with van der Waals surface area (Å²) in [6.45, 7) is 2.87. The molecule has 0 spiro atoms. The molecule has 2 aromatic carbocycles. The van der Waals surface area contributed by atoms with E-state index in [0.29, 0.717) is 36.8 Å². The van der Waals surface area contributed by atoms with Crippen molar-refractivity contribution >= 4 is 40.5 Å². The first kappa shape index (κ1) is 18.8. The zero-order chi connectivity index (χ0) is 19.6. The Hall–Kier alpha value is -2.57. The number of nitrogens with one attached hydrogen (secondary N) is 2. The molecule has 1 saturated heterocycles. The zero-order valence-electron chi connectivity index (χ0n) is 15.4. The minimum Gasteiger partial charge on any atom is -0.378 e. The van der Waals surface area contributed by atoms with Gasteiger partial charge in [0, 0.05) is 23.8 Å². The van der Waals surface area contributed by atoms with Crippen LogP contribution in [0.2, 0.25) is 5.02 Å². The van der Waals surface area contributed by atoms with E-state index in [1.807, 2.05) is 24.3 Å². The van der Waals surface area contributed by atoms with Crippen LogP contribution in [-0.2, 0) is 14.3 Å². The molecule has 0 unspecified atom stereocenters. The summed E-state index contributed by atoms with van der Waals surface area (Å²) in [5.74, 6) is -0.546. The number of nitrogens with zero attached hydrogens (tertiary/aromatic N) is 1. The SMILES string of the molecule is O=C(Nc1ccc(Cl)cc1)C1(C(=O)Nc2ccccc2N2CCOCC2)CC1. The monoisotopic (exact) mass is 399 g/mol. The summed E-state index contributed by atoms with van der Waals surface area (Å²) in [6.07, 6.45) is 1.08. The molecule has 0 radical (unpaired) electrons. The van der Waals surface area contributed by atoms with Crippen LogP contribution < -0.4 is 15.5 Å². The number of morpholine rings is 1. The van der Waals surface area contributed by atoms with Gasteiger partial charge in [-0.2, -0.15) is 0 Å². The summed E-state index contributed by atoms with van der Waals surface area (Å²) in [5, 5.41) is 6.41. The number of para-hydroxylation sites is 2. The summed E-state index contributed by atoms with van der Waals surface area (Å²) >= 11 is 5.88. The van der Waals surface area contributed by atoms with Gasteiger partial charge >= 0.3 is 0 Å². The van der Waals surface area contributed by atoms with E-state index in [0.717, 1.165) is 24.5 Å². The molecule has 1 aliphatic heterocycles. The van der Waals surface area contributed by atoms with Crippen molar-refractivity contribution in [2.45, 2.75) is 12.8 Å². The predicted molar refractivity (Wildman–Crippen MR) is 110 cm³/mol. The molecule has 4 rings (SSSR count). The molecule has 7 heteroatoms. The molecule has 0 bridgehead atoms. The fourth-order valence-corrected chi connectivity index (χ4v) is 3.49. The third kappa shape index (κ3) is 3.84. The second-order valence-electron chi connectivity index (χ2n) is 7.11. The number of ether oxygens (including phenoxy) is 1. The highest BCUT2D eigenvalue weighted by Crippen LogP contribution is 2.48. The smallest absolute Gasteiger partial charge is 0.240 e. The Morgan fingerprint density at radius 1 is 0.929 bits per heavy atom. The first-order chi connectivity index (χ1) is 13.6. The Balaban J connectivity index is 1.47. The molecule has 2 N–H and O–H groups in total. The van der Waals surface area contributed by atoms with Gasteiger partial charge in [0.15, 0.2) is 0 Å². The normalized spacial score (nSPS) is 17.7. The van der Waals surface area contributed by atoms with Crippen LogP contribution in [0.3, 0.4) is 0 Å². The number of hydrogen-bond acceptors (Lipinski definition) is 4. The fourth-order valence-electron chi connectivity index (χ4n) is 3.37. The standard InChI is InChI=1S/C21H22ClN3O3/c22-15-5-7-16(8-6-15)23-19(26)21(9-10-21)20(27)24-17-3-1-2-4-18(17)25-11-13-28-14-12-25/h1-8H,9-14H2,(H,23,26)(H,24,27). The molecule has 2 aliphatic rings. The van der Waals surface area contributed by atoms with Crippen molar-refractivity contribution in [2.75, 3.05) is 41.8 Å². The number of anilines is 3. The highest BCUT2D eigenvalue weighted by molar-refractivity contribution is 6.30. The van der Waals surface area contributed by atoms with Gasteiger partial charge in [-0.05, 0) is 49.2 Å². The Morgan fingerprint density at radius 3 is 2.25 bits per heavy atom. The maximum Gasteiger partial charge on any atom is 0.240 e. The van der Waals surface area contributed by atoms with Gasteiger partial charge in [0.05, 0.1) is 24.6 Å². The molecule has 2 aromatic rings. The third-order valence-corrected chi connectivity index (χ3v) is 5.48. The quantitative estimate of drug-likeness (QED) is 0.754. The number of carbonyl (C=O) groups is 2. The number of amides is 2. The Morgan fingerprint density at radius 2 is 1.57 bits per heavy atom. The second-order valence-corrected chi connectivity index (χ2v) is 7.55. The van der Waals surface area contributed by atoms with Crippen molar-refractivity contribution < 1.29 is 14.3 Å². The highest BCUT2D eigenvalue weighted by atomic mass is 35.5. The first-order valence-corrected chi connectivity index (χ1v) is 9.76. The van der Waals surface area contributed by atoms with Crippen LogP contribution in [0.1, 0.15) is 12.8 Å². The summed E-state index contributed by atoms with van der Waals surface area (Å²) in [6, 6.07) is 14.5. The maximum atomic E-state index is 13.0. The van der Waals surface area contributed by atoms with Crippen LogP contribution in [-0.4, -0.2) is 38.1 Å². The van der Waals surface area contributed by atoms with E-state index < -0.39 is 5.41 Å². The maximum absolute atomic E-state index is 13.0. The van der Waals surface area contributed by atoms with Crippen molar-refractivity contribution in [2.24, 2.45) is 5.41 Å². The van der Waals surface area contributed by atoms with E-state index >= 15 is 0 Å². The van der Waals surface area contributed by atoms with Gasteiger partial charge in [0.25, 0.3) is 0 Å². The van der Waals surface area contributed by atoms with Gasteiger partial charge in [-0.3, -0.25) is 9.59 Å². The first-order valence-electron chi connectivity index (χ1n) is 9.39. The van der Waals surface area contributed by atoms with Gasteiger partial charge in [0.1, 0.15) is 5.41 Å². The molecule has 0 atom stereocenters. The van der Waals surface area contributed by atoms with Crippen LogP contribution in [0, 0.1) is 5.41 Å². The van der Waals surface area contributed by atoms with Gasteiger partial charge in [-0.1, -0.05) is 23.7 Å². The molecule has 1 saturated carbocycles. The van der Waals surface area contributed by atoms with Crippen molar-refractivity contribution in [3.63, 3.8) is 0 Å². The average molecular weight is 400 g/mol. The second kappa shape index (κ2) is 7.81. The molecule has 6 nitrogen and oxygen atoms in total. The zero-order valence-corrected chi connectivity index (χ0v) is 16.2. The van der Waals surface area contributed by atoms with Crippen molar-refractivity contribution in [3.8, 4) is 0 Å². The number of carbonyl (C=O) groups excluding carboxylic acids is 2.